The Morgan fingerprint density at radius 2 is 1.81 bits per heavy atom. The Hall–Kier alpha value is -4.15. The summed E-state index contributed by atoms with van der Waals surface area (Å²) in [5, 5.41) is 10.4. The van der Waals surface area contributed by atoms with Gasteiger partial charge in [0.15, 0.2) is 5.13 Å². The number of amides is 3. The number of hydrogen-bond donors (Lipinski definition) is 3. The number of carbonyl (C=O) groups is 3. The van der Waals surface area contributed by atoms with Crippen molar-refractivity contribution >= 4 is 89.8 Å². The first-order valence-electron chi connectivity index (χ1n) is 18.2. The number of fused-ring (bicyclic) bond motifs is 1. The molecule has 3 N–H and O–H groups in total. The maximum Gasteiger partial charge on any atom is 0.259 e. The summed E-state index contributed by atoms with van der Waals surface area (Å²) in [6, 6.07) is 8.25. The van der Waals surface area contributed by atoms with Gasteiger partial charge in [0.2, 0.25) is 27.7 Å². The number of nitrogens with zero attached hydrogens (tertiary/aromatic N) is 3. The minimum atomic E-state index is -3.91. The Morgan fingerprint density at radius 1 is 1.09 bits per heavy atom. The molecule has 18 heteroatoms. The summed E-state index contributed by atoms with van der Waals surface area (Å²) in [6.07, 6.45) is 3.38. The van der Waals surface area contributed by atoms with Crippen LogP contribution in [-0.2, 0) is 24.4 Å². The summed E-state index contributed by atoms with van der Waals surface area (Å²) in [6.45, 7) is 9.44. The van der Waals surface area contributed by atoms with Crippen molar-refractivity contribution in [2.45, 2.75) is 75.4 Å². The van der Waals surface area contributed by atoms with E-state index in [0.29, 0.717) is 60.8 Å². The van der Waals surface area contributed by atoms with Gasteiger partial charge in [0.25, 0.3) is 5.91 Å². The average molecular weight is 876 g/mol. The predicted molar refractivity (Wildman–Crippen MR) is 222 cm³/mol. The fourth-order valence-electron chi connectivity index (χ4n) is 7.07. The molecule has 0 radical (unpaired) electrons. The molecule has 13 nitrogen and oxygen atoms in total. The first-order chi connectivity index (χ1) is 26.9. The molecule has 3 aliphatic rings. The number of aromatic nitrogens is 2. The molecule has 2 aromatic heterocycles. The van der Waals surface area contributed by atoms with Crippen LogP contribution in [0.15, 0.2) is 60.6 Å². The molecular weight excluding hydrogens is 835 g/mol. The standard InChI is InChI=1S/C39H41Cl3N6O7S2/c1-6-20-16-39(20,36(51)47-57(52,53)24-9-10-24)46-33(49)30-15-23(55-34-26-13-21(40)7-11-25(26)31(54-5)17-43-34)18-48(30)35(50)32(38(2,3)4)45-37-44-29(19-56-37)27-14-22(41)8-12-28(27)42/h6-8,11-14,17,19-20,23-24,30,32H,1,9-10,15-16,18H2,2-5H3,(H,44,45)(H,46,49)(H,47,51)/t20-,23-,30+,32-,39-/m1/s1. The van der Waals surface area contributed by atoms with E-state index in [0.717, 1.165) is 0 Å². The van der Waals surface area contributed by atoms with E-state index in [2.05, 4.69) is 26.9 Å². The molecule has 2 aliphatic carbocycles. The molecule has 7 rings (SSSR count). The van der Waals surface area contributed by atoms with Crippen molar-refractivity contribution in [1.29, 1.82) is 0 Å². The van der Waals surface area contributed by atoms with Crippen molar-refractivity contribution in [2.24, 2.45) is 11.3 Å². The number of thiazole rings is 1. The van der Waals surface area contributed by atoms with Gasteiger partial charge in [-0.2, -0.15) is 0 Å². The highest BCUT2D eigenvalue weighted by Gasteiger charge is 2.62. The molecule has 1 aliphatic heterocycles. The van der Waals surface area contributed by atoms with Crippen LogP contribution in [0.2, 0.25) is 15.1 Å². The normalized spacial score (nSPS) is 22.4. The summed E-state index contributed by atoms with van der Waals surface area (Å²) < 4.78 is 39.7. The van der Waals surface area contributed by atoms with Crippen LogP contribution in [0.3, 0.4) is 0 Å². The van der Waals surface area contributed by atoms with Gasteiger partial charge in [-0.1, -0.05) is 61.7 Å². The maximum absolute atomic E-state index is 14.9. The van der Waals surface area contributed by atoms with Gasteiger partial charge in [-0.3, -0.25) is 19.1 Å². The van der Waals surface area contributed by atoms with Crippen LogP contribution < -0.4 is 24.8 Å². The van der Waals surface area contributed by atoms with Gasteiger partial charge in [-0.25, -0.2) is 18.4 Å². The second-order valence-electron chi connectivity index (χ2n) is 15.6. The van der Waals surface area contributed by atoms with Gasteiger partial charge in [-0.15, -0.1) is 17.9 Å². The number of methoxy groups -OCH3 is 1. The molecular formula is C39H41Cl3N6O7S2. The molecule has 0 spiro atoms. The van der Waals surface area contributed by atoms with Crippen molar-refractivity contribution in [2.75, 3.05) is 19.0 Å². The third kappa shape index (κ3) is 8.40. The molecule has 0 unspecified atom stereocenters. The van der Waals surface area contributed by atoms with Crippen LogP contribution in [0.1, 0.15) is 46.5 Å². The number of rotatable bonds is 13. The smallest absolute Gasteiger partial charge is 0.259 e. The lowest BCUT2D eigenvalue weighted by molar-refractivity contribution is -0.141. The number of anilines is 1. The number of nitrogens with one attached hydrogen (secondary N) is 3. The zero-order chi connectivity index (χ0) is 41.0. The third-order valence-electron chi connectivity index (χ3n) is 10.5. The monoisotopic (exact) mass is 874 g/mol. The van der Waals surface area contributed by atoms with E-state index < -0.39 is 68.1 Å². The third-order valence-corrected chi connectivity index (χ3v) is 13.9. The van der Waals surface area contributed by atoms with Gasteiger partial charge < -0.3 is 25.0 Å². The summed E-state index contributed by atoms with van der Waals surface area (Å²) in [5.41, 5.74) is -1.07. The Balaban J connectivity index is 1.20. The zero-order valence-corrected chi connectivity index (χ0v) is 35.4. The van der Waals surface area contributed by atoms with Gasteiger partial charge >= 0.3 is 0 Å². The Kier molecular flexibility index (Phi) is 11.2. The highest BCUT2D eigenvalue weighted by Crippen LogP contribution is 2.46. The van der Waals surface area contributed by atoms with E-state index in [1.807, 2.05) is 20.8 Å². The van der Waals surface area contributed by atoms with Crippen LogP contribution >= 0.6 is 46.1 Å². The van der Waals surface area contributed by atoms with E-state index in [4.69, 9.17) is 49.3 Å². The summed E-state index contributed by atoms with van der Waals surface area (Å²) in [7, 11) is -2.38. The van der Waals surface area contributed by atoms with Gasteiger partial charge in [0.1, 0.15) is 29.5 Å². The molecule has 3 fully saturated rings. The van der Waals surface area contributed by atoms with Crippen molar-refractivity contribution in [1.82, 2.24) is 24.9 Å². The topological polar surface area (TPSA) is 169 Å². The van der Waals surface area contributed by atoms with Crippen LogP contribution in [0.25, 0.3) is 22.0 Å². The molecule has 2 saturated carbocycles. The molecule has 1 saturated heterocycles. The van der Waals surface area contributed by atoms with Crippen LogP contribution in [-0.4, -0.2) is 83.6 Å². The predicted octanol–water partition coefficient (Wildman–Crippen LogP) is 6.87. The molecule has 3 heterocycles. The quantitative estimate of drug-likeness (QED) is 0.121. The largest absolute Gasteiger partial charge is 0.494 e. The van der Waals surface area contributed by atoms with Gasteiger partial charge in [0, 0.05) is 44.1 Å². The van der Waals surface area contributed by atoms with E-state index in [-0.39, 0.29) is 25.3 Å². The lowest BCUT2D eigenvalue weighted by Crippen LogP contribution is -2.58. The van der Waals surface area contributed by atoms with Crippen LogP contribution in [0.4, 0.5) is 5.13 Å². The minimum absolute atomic E-state index is 0.0235. The van der Waals surface area contributed by atoms with Gasteiger partial charge in [-0.05, 0) is 61.1 Å². The number of likely N-dealkylation sites (tertiary alicyclic amines) is 1. The molecule has 0 bridgehead atoms. The number of sulfonamides is 1. The molecule has 4 aromatic rings. The molecule has 5 atom stereocenters. The Labute approximate surface area is 349 Å². The first kappa shape index (κ1) is 41.0. The van der Waals surface area contributed by atoms with E-state index in [1.54, 1.807) is 41.8 Å². The van der Waals surface area contributed by atoms with E-state index >= 15 is 0 Å². The molecule has 302 valence electrons. The number of benzene rings is 2. The fourth-order valence-corrected chi connectivity index (χ4v) is 9.73. The lowest BCUT2D eigenvalue weighted by Gasteiger charge is -2.35. The summed E-state index contributed by atoms with van der Waals surface area (Å²) >= 11 is 20.4. The highest BCUT2D eigenvalue weighted by molar-refractivity contribution is 7.91. The Morgan fingerprint density at radius 3 is 2.47 bits per heavy atom. The van der Waals surface area contributed by atoms with Crippen molar-refractivity contribution < 1.29 is 32.3 Å². The number of hydrogen-bond acceptors (Lipinski definition) is 11. The van der Waals surface area contributed by atoms with Gasteiger partial charge in [0.05, 0.1) is 35.8 Å². The number of pyridine rings is 1. The van der Waals surface area contributed by atoms with E-state index in [9.17, 15) is 22.8 Å². The number of ether oxygens (including phenoxy) is 2. The molecule has 3 amide bonds. The highest BCUT2D eigenvalue weighted by atomic mass is 35.5. The van der Waals surface area contributed by atoms with Crippen LogP contribution in [0, 0.1) is 11.3 Å². The number of halogens is 3. The van der Waals surface area contributed by atoms with Crippen molar-refractivity contribution in [3.05, 3.63) is 75.7 Å². The fraction of sp³-hybridized carbons (Fsp3) is 0.410. The van der Waals surface area contributed by atoms with E-state index in [1.165, 1.54) is 35.6 Å². The second kappa shape index (κ2) is 15.6. The first-order valence-corrected chi connectivity index (χ1v) is 21.8. The van der Waals surface area contributed by atoms with Crippen molar-refractivity contribution in [3.63, 3.8) is 0 Å². The summed E-state index contributed by atoms with van der Waals surface area (Å²) in [5.74, 6) is -1.70. The number of carbonyl (C=O) groups excluding carboxylic acids is 3. The summed E-state index contributed by atoms with van der Waals surface area (Å²) in [4.78, 5) is 53.6. The van der Waals surface area contributed by atoms with Crippen LogP contribution in [0.5, 0.6) is 11.6 Å². The minimum Gasteiger partial charge on any atom is -0.494 e. The SMILES string of the molecule is C=C[C@@H]1C[C@]1(NC(=O)[C@@H]1C[C@@H](Oc2ncc(OC)c3ccc(Cl)cc23)CN1C(=O)[C@@H](Nc1nc(-c2cc(Cl)ccc2Cl)cs1)C(C)(C)C)C(=O)NS(=O)(=O)C1CC1. The molecule has 2 aromatic carbocycles. The molecule has 57 heavy (non-hydrogen) atoms. The average Bonchev–Trinajstić information content (AvgIpc) is 4.05. The zero-order valence-electron chi connectivity index (χ0n) is 31.5. The maximum atomic E-state index is 14.9. The van der Waals surface area contributed by atoms with Crippen molar-refractivity contribution in [3.8, 4) is 22.9 Å². The second-order valence-corrected chi connectivity index (χ2v) is 19.7. The lowest BCUT2D eigenvalue weighted by atomic mass is 9.85. The Bertz CT molecular complexity index is 2380.